The van der Waals surface area contributed by atoms with Crippen LogP contribution in [-0.4, -0.2) is 32.7 Å². The minimum absolute atomic E-state index is 0.0376. The van der Waals surface area contributed by atoms with E-state index >= 15 is 0 Å². The predicted octanol–water partition coefficient (Wildman–Crippen LogP) is 2.58. The summed E-state index contributed by atoms with van der Waals surface area (Å²) >= 11 is 0. The van der Waals surface area contributed by atoms with Crippen LogP contribution < -0.4 is 5.32 Å². The fourth-order valence-corrected chi connectivity index (χ4v) is 3.97. The van der Waals surface area contributed by atoms with Gasteiger partial charge in [-0.1, -0.05) is 31.2 Å². The second-order valence-corrected chi connectivity index (χ2v) is 7.85. The normalized spacial score (nSPS) is 23.0. The summed E-state index contributed by atoms with van der Waals surface area (Å²) < 4.78 is 1.82. The molecule has 0 aliphatic heterocycles. The Morgan fingerprint density at radius 1 is 1.36 bits per heavy atom. The average Bonchev–Trinajstić information content (AvgIpc) is 2.93. The number of carbonyl (C=O) groups is 2. The van der Waals surface area contributed by atoms with Crippen molar-refractivity contribution in [2.75, 3.05) is 0 Å². The van der Waals surface area contributed by atoms with Crippen molar-refractivity contribution in [2.45, 2.75) is 53.1 Å². The van der Waals surface area contributed by atoms with Crippen molar-refractivity contribution in [1.82, 2.24) is 20.3 Å². The van der Waals surface area contributed by atoms with Crippen LogP contribution in [0.5, 0.6) is 0 Å². The van der Waals surface area contributed by atoms with Gasteiger partial charge in [-0.3, -0.25) is 9.59 Å². The van der Waals surface area contributed by atoms with Gasteiger partial charge in [0, 0.05) is 18.4 Å². The van der Waals surface area contributed by atoms with Crippen molar-refractivity contribution < 1.29 is 9.59 Å². The van der Waals surface area contributed by atoms with E-state index in [0.717, 1.165) is 17.5 Å². The first-order chi connectivity index (χ1) is 11.8. The van der Waals surface area contributed by atoms with Crippen LogP contribution in [0.4, 0.5) is 0 Å². The van der Waals surface area contributed by atoms with Gasteiger partial charge in [0.05, 0.1) is 12.1 Å². The third-order valence-electron chi connectivity index (χ3n) is 5.67. The Morgan fingerprint density at radius 3 is 2.76 bits per heavy atom. The van der Waals surface area contributed by atoms with Gasteiger partial charge in [-0.25, -0.2) is 4.68 Å². The molecular formula is C19H26N4O2. The van der Waals surface area contributed by atoms with Crippen LogP contribution in [0.25, 0.3) is 11.0 Å². The number of Topliss-reactive ketones (excluding diaryl/α,β-unsaturated/α-hetero) is 1. The fourth-order valence-electron chi connectivity index (χ4n) is 3.97. The van der Waals surface area contributed by atoms with Crippen molar-refractivity contribution >= 4 is 22.7 Å². The molecule has 25 heavy (non-hydrogen) atoms. The number of para-hydroxylation sites is 1. The zero-order valence-electron chi connectivity index (χ0n) is 15.3. The van der Waals surface area contributed by atoms with Gasteiger partial charge >= 0.3 is 0 Å². The number of nitrogens with zero attached hydrogens (tertiary/aromatic N) is 3. The second kappa shape index (κ2) is 6.58. The van der Waals surface area contributed by atoms with Crippen LogP contribution in [0.1, 0.15) is 40.5 Å². The van der Waals surface area contributed by atoms with Gasteiger partial charge in [-0.15, -0.1) is 5.10 Å². The topological polar surface area (TPSA) is 76.9 Å². The zero-order chi connectivity index (χ0) is 18.2. The van der Waals surface area contributed by atoms with Gasteiger partial charge in [-0.05, 0) is 43.7 Å². The summed E-state index contributed by atoms with van der Waals surface area (Å²) in [5, 5.41) is 11.3. The molecule has 0 radical (unpaired) electrons. The van der Waals surface area contributed by atoms with E-state index < -0.39 is 0 Å². The SMILES string of the molecule is CC(=O)[C@H]1C[C@@H](CC(=O)N[C@H](C)Cn2nnc3ccccc32)C1(C)C. The summed E-state index contributed by atoms with van der Waals surface area (Å²) in [7, 11) is 0. The number of benzene rings is 1. The molecule has 1 aliphatic rings. The van der Waals surface area contributed by atoms with Crippen molar-refractivity contribution in [3.05, 3.63) is 24.3 Å². The van der Waals surface area contributed by atoms with E-state index in [1.54, 1.807) is 6.92 Å². The molecule has 1 fully saturated rings. The summed E-state index contributed by atoms with van der Waals surface area (Å²) in [6.07, 6.45) is 1.29. The molecule has 3 rings (SSSR count). The monoisotopic (exact) mass is 342 g/mol. The maximum Gasteiger partial charge on any atom is 0.220 e. The molecule has 0 spiro atoms. The molecule has 0 bridgehead atoms. The standard InChI is InChI=1S/C19H26N4O2/c1-12(11-23-17-8-6-5-7-16(17)21-22-23)20-18(25)10-14-9-15(13(2)24)19(14,3)4/h5-8,12,14-15H,9-11H2,1-4H3,(H,20,25)/t12-,14+,15-/m1/s1. The third kappa shape index (κ3) is 3.43. The first kappa shape index (κ1) is 17.6. The van der Waals surface area contributed by atoms with Gasteiger partial charge in [0.25, 0.3) is 0 Å². The van der Waals surface area contributed by atoms with Crippen LogP contribution in [0, 0.1) is 17.3 Å². The maximum absolute atomic E-state index is 12.4. The highest BCUT2D eigenvalue weighted by atomic mass is 16.1. The van der Waals surface area contributed by atoms with Gasteiger partial charge in [0.15, 0.2) is 0 Å². The zero-order valence-corrected chi connectivity index (χ0v) is 15.3. The van der Waals surface area contributed by atoms with Gasteiger partial charge in [0.2, 0.25) is 5.91 Å². The molecule has 0 unspecified atom stereocenters. The quantitative estimate of drug-likeness (QED) is 0.875. The summed E-state index contributed by atoms with van der Waals surface area (Å²) in [4.78, 5) is 24.0. The molecule has 1 aliphatic carbocycles. The van der Waals surface area contributed by atoms with E-state index in [1.165, 1.54) is 0 Å². The lowest BCUT2D eigenvalue weighted by molar-refractivity contribution is -0.141. The molecule has 6 nitrogen and oxygen atoms in total. The van der Waals surface area contributed by atoms with Crippen LogP contribution in [-0.2, 0) is 16.1 Å². The fraction of sp³-hybridized carbons (Fsp3) is 0.579. The Bertz CT molecular complexity index is 796. The van der Waals surface area contributed by atoms with Crippen molar-refractivity contribution in [3.8, 4) is 0 Å². The van der Waals surface area contributed by atoms with E-state index in [-0.39, 0.29) is 35.0 Å². The molecule has 3 atom stereocenters. The molecule has 1 N–H and O–H groups in total. The Morgan fingerprint density at radius 2 is 2.08 bits per heavy atom. The summed E-state index contributed by atoms with van der Waals surface area (Å²) in [5.74, 6) is 0.620. The van der Waals surface area contributed by atoms with E-state index in [2.05, 4.69) is 29.5 Å². The molecule has 1 amide bonds. The maximum atomic E-state index is 12.4. The van der Waals surface area contributed by atoms with Crippen LogP contribution in [0.15, 0.2) is 24.3 Å². The van der Waals surface area contributed by atoms with Crippen LogP contribution in [0.3, 0.4) is 0 Å². The molecule has 2 aromatic rings. The van der Waals surface area contributed by atoms with Gasteiger partial charge in [-0.2, -0.15) is 0 Å². The lowest BCUT2D eigenvalue weighted by Crippen LogP contribution is -2.50. The first-order valence-electron chi connectivity index (χ1n) is 8.87. The van der Waals surface area contributed by atoms with E-state index in [9.17, 15) is 9.59 Å². The Balaban J connectivity index is 1.54. The molecule has 1 heterocycles. The number of aromatic nitrogens is 3. The molecule has 1 aromatic carbocycles. The summed E-state index contributed by atoms with van der Waals surface area (Å²) in [6, 6.07) is 7.75. The average molecular weight is 342 g/mol. The van der Waals surface area contributed by atoms with Gasteiger partial charge in [0.1, 0.15) is 11.3 Å². The molecule has 1 saturated carbocycles. The number of hydrogen-bond donors (Lipinski definition) is 1. The minimum atomic E-state index is -0.0888. The highest BCUT2D eigenvalue weighted by Gasteiger charge is 2.50. The molecule has 0 saturated heterocycles. The van der Waals surface area contributed by atoms with E-state index in [4.69, 9.17) is 0 Å². The van der Waals surface area contributed by atoms with Crippen LogP contribution in [0.2, 0.25) is 0 Å². The number of amides is 1. The van der Waals surface area contributed by atoms with Crippen LogP contribution >= 0.6 is 0 Å². The predicted molar refractivity (Wildman–Crippen MR) is 95.8 cm³/mol. The summed E-state index contributed by atoms with van der Waals surface area (Å²) in [6.45, 7) is 8.37. The molecule has 6 heteroatoms. The Labute approximate surface area is 148 Å². The van der Waals surface area contributed by atoms with Crippen molar-refractivity contribution in [2.24, 2.45) is 17.3 Å². The van der Waals surface area contributed by atoms with Crippen molar-refractivity contribution in [3.63, 3.8) is 0 Å². The first-order valence-corrected chi connectivity index (χ1v) is 8.87. The van der Waals surface area contributed by atoms with E-state index in [1.807, 2.05) is 35.9 Å². The number of nitrogens with one attached hydrogen (secondary N) is 1. The smallest absolute Gasteiger partial charge is 0.220 e. The van der Waals surface area contributed by atoms with E-state index in [0.29, 0.717) is 13.0 Å². The number of carbonyl (C=O) groups excluding carboxylic acids is 2. The highest BCUT2D eigenvalue weighted by Crippen LogP contribution is 2.53. The number of rotatable bonds is 6. The number of hydrogen-bond acceptors (Lipinski definition) is 4. The molecule has 1 aromatic heterocycles. The Hall–Kier alpha value is -2.24. The lowest BCUT2D eigenvalue weighted by atomic mass is 9.52. The second-order valence-electron chi connectivity index (χ2n) is 7.85. The van der Waals surface area contributed by atoms with Gasteiger partial charge < -0.3 is 5.32 Å². The molecule has 134 valence electrons. The molecular weight excluding hydrogens is 316 g/mol. The number of fused-ring (bicyclic) bond motifs is 1. The highest BCUT2D eigenvalue weighted by molar-refractivity contribution is 5.81. The third-order valence-corrected chi connectivity index (χ3v) is 5.67. The minimum Gasteiger partial charge on any atom is -0.352 e. The lowest BCUT2D eigenvalue weighted by Gasteiger charge is -2.51. The van der Waals surface area contributed by atoms with Crippen molar-refractivity contribution in [1.29, 1.82) is 0 Å². The largest absolute Gasteiger partial charge is 0.352 e. The summed E-state index contributed by atoms with van der Waals surface area (Å²) in [5.41, 5.74) is 1.73. The Kier molecular flexibility index (Phi) is 4.62. The number of ketones is 1.